The van der Waals surface area contributed by atoms with Crippen LogP contribution in [0.4, 0.5) is 17.1 Å². The van der Waals surface area contributed by atoms with E-state index in [1.807, 2.05) is 11.3 Å². The van der Waals surface area contributed by atoms with Crippen LogP contribution in [-0.2, 0) is 0 Å². The van der Waals surface area contributed by atoms with Gasteiger partial charge in [-0.2, -0.15) is 0 Å². The number of aromatic nitrogens is 2. The van der Waals surface area contributed by atoms with Gasteiger partial charge in [0.25, 0.3) is 0 Å². The van der Waals surface area contributed by atoms with Gasteiger partial charge >= 0.3 is 0 Å². The van der Waals surface area contributed by atoms with E-state index in [0.29, 0.717) is 0 Å². The maximum Gasteiger partial charge on any atom is 0.0619 e. The number of rotatable bonds is 7. The number of hydrogen-bond donors (Lipinski definition) is 0. The molecule has 0 radical (unpaired) electrons. The lowest BCUT2D eigenvalue weighted by Crippen LogP contribution is -2.09. The van der Waals surface area contributed by atoms with Crippen molar-refractivity contribution in [2.75, 3.05) is 4.90 Å². The molecule has 0 bridgehead atoms. The van der Waals surface area contributed by atoms with Crippen LogP contribution in [0.2, 0.25) is 0 Å². The number of hydrogen-bond acceptors (Lipinski definition) is 2. The number of nitrogens with zero attached hydrogens (tertiary/aromatic N) is 3. The predicted octanol–water partition coefficient (Wildman–Crippen LogP) is 17.1. The van der Waals surface area contributed by atoms with Crippen molar-refractivity contribution in [2.45, 2.75) is 0 Å². The molecule has 0 aliphatic heterocycles. The van der Waals surface area contributed by atoms with Gasteiger partial charge in [-0.15, -0.1) is 11.3 Å². The van der Waals surface area contributed by atoms with Crippen LogP contribution in [-0.4, -0.2) is 9.13 Å². The van der Waals surface area contributed by atoms with Crippen LogP contribution in [0, 0.1) is 0 Å². The third kappa shape index (κ3) is 5.81. The van der Waals surface area contributed by atoms with E-state index in [1.165, 1.54) is 80.5 Å². The average Bonchev–Trinajstić information content (AvgIpc) is 4.02. The summed E-state index contributed by atoms with van der Waals surface area (Å²) in [5.74, 6) is 0. The first-order valence-corrected chi connectivity index (χ1v) is 22.7. The third-order valence-electron chi connectivity index (χ3n) is 12.9. The van der Waals surface area contributed by atoms with E-state index in [0.717, 1.165) is 34.0 Å². The SMILES string of the molecule is c1ccc(N(c2ccc(-c3cc(-c4ccc5c(c4)c4ccccc4n5-c4ccccc4)c4c(c3)c3ccccc3n4-c3ccccc3)cc2)c2ccc3c(c2)sc2ccccc23)cc1. The van der Waals surface area contributed by atoms with Crippen LogP contribution in [0.5, 0.6) is 0 Å². The second-order valence-electron chi connectivity index (χ2n) is 16.5. The molecular formula is C60H39N3S. The van der Waals surface area contributed by atoms with Crippen LogP contribution in [0.15, 0.2) is 237 Å². The van der Waals surface area contributed by atoms with Gasteiger partial charge in [-0.05, 0) is 120 Å². The molecule has 4 heteroatoms. The molecule has 64 heavy (non-hydrogen) atoms. The van der Waals surface area contributed by atoms with E-state index < -0.39 is 0 Å². The number of fused-ring (bicyclic) bond motifs is 9. The van der Waals surface area contributed by atoms with E-state index in [1.54, 1.807) is 0 Å². The summed E-state index contributed by atoms with van der Waals surface area (Å²) in [4.78, 5) is 2.37. The van der Waals surface area contributed by atoms with Gasteiger partial charge in [-0.3, -0.25) is 0 Å². The summed E-state index contributed by atoms with van der Waals surface area (Å²) in [6.45, 7) is 0. The highest BCUT2D eigenvalue weighted by Crippen LogP contribution is 2.45. The Hall–Kier alpha value is -8.18. The number of para-hydroxylation sites is 5. The van der Waals surface area contributed by atoms with Gasteiger partial charge in [-0.1, -0.05) is 133 Å². The fourth-order valence-electron chi connectivity index (χ4n) is 10.0. The minimum Gasteiger partial charge on any atom is -0.310 e. The lowest BCUT2D eigenvalue weighted by Gasteiger charge is -2.25. The van der Waals surface area contributed by atoms with Crippen molar-refractivity contribution < 1.29 is 0 Å². The van der Waals surface area contributed by atoms with Crippen molar-refractivity contribution in [3.8, 4) is 33.6 Å². The summed E-state index contributed by atoms with van der Waals surface area (Å²) < 4.78 is 7.44. The van der Waals surface area contributed by atoms with Gasteiger partial charge in [0.05, 0.1) is 22.1 Å². The molecule has 0 N–H and O–H groups in total. The smallest absolute Gasteiger partial charge is 0.0619 e. The lowest BCUT2D eigenvalue weighted by molar-refractivity contribution is 1.18. The molecule has 0 fully saturated rings. The Bertz CT molecular complexity index is 3880. The maximum absolute atomic E-state index is 2.45. The highest BCUT2D eigenvalue weighted by molar-refractivity contribution is 7.25. The summed E-state index contributed by atoms with van der Waals surface area (Å²) in [7, 11) is 0. The number of benzene rings is 10. The first kappa shape index (κ1) is 36.5. The molecule has 0 atom stereocenters. The Labute approximate surface area is 374 Å². The standard InChI is InChI=1S/C60H39N3S/c1-4-16-43(17-5-1)61(47-33-34-51-50-24-12-15-27-58(50)64-59(51)39-47)46-31-28-40(29-32-46)42-37-52(60-54(38-42)49-23-11-14-26-56(49)63(60)45-20-8-3-9-21-45)41-30-35-57-53(36-41)48-22-10-13-25-55(48)62(57)44-18-6-2-7-19-44/h1-39H. The van der Waals surface area contributed by atoms with Crippen molar-refractivity contribution >= 4 is 92.2 Å². The summed E-state index contributed by atoms with van der Waals surface area (Å²) in [5.41, 5.74) is 15.2. The molecule has 0 unspecified atom stereocenters. The molecule has 0 saturated carbocycles. The van der Waals surface area contributed by atoms with Gasteiger partial charge in [0.1, 0.15) is 0 Å². The highest BCUT2D eigenvalue weighted by atomic mass is 32.1. The van der Waals surface area contributed by atoms with E-state index in [-0.39, 0.29) is 0 Å². The van der Waals surface area contributed by atoms with E-state index in [4.69, 9.17) is 0 Å². The Balaban J connectivity index is 1.01. The van der Waals surface area contributed by atoms with Crippen LogP contribution in [0.1, 0.15) is 0 Å². The Kier molecular flexibility index (Phi) is 8.40. The van der Waals surface area contributed by atoms with Crippen molar-refractivity contribution in [3.05, 3.63) is 237 Å². The fourth-order valence-corrected chi connectivity index (χ4v) is 11.1. The Morgan fingerprint density at radius 2 is 0.812 bits per heavy atom. The minimum absolute atomic E-state index is 1.11. The Morgan fingerprint density at radius 1 is 0.297 bits per heavy atom. The molecule has 0 saturated heterocycles. The van der Waals surface area contributed by atoms with Gasteiger partial charge in [-0.25, -0.2) is 0 Å². The van der Waals surface area contributed by atoms with Crippen molar-refractivity contribution in [3.63, 3.8) is 0 Å². The van der Waals surface area contributed by atoms with Crippen molar-refractivity contribution in [2.24, 2.45) is 0 Å². The first-order chi connectivity index (χ1) is 31.7. The van der Waals surface area contributed by atoms with Crippen LogP contribution < -0.4 is 4.90 Å². The highest BCUT2D eigenvalue weighted by Gasteiger charge is 2.21. The topological polar surface area (TPSA) is 13.1 Å². The summed E-state index contributed by atoms with van der Waals surface area (Å²) in [5, 5.41) is 7.54. The molecule has 300 valence electrons. The number of thiophene rings is 1. The van der Waals surface area contributed by atoms with Gasteiger partial charge in [0, 0.05) is 75.7 Å². The number of anilines is 3. The lowest BCUT2D eigenvalue weighted by atomic mass is 9.94. The normalized spacial score (nSPS) is 11.8. The molecule has 0 spiro atoms. The molecule has 13 rings (SSSR count). The van der Waals surface area contributed by atoms with E-state index >= 15 is 0 Å². The summed E-state index contributed by atoms with van der Waals surface area (Å²) in [6, 6.07) is 86.5. The van der Waals surface area contributed by atoms with Crippen molar-refractivity contribution in [1.82, 2.24) is 9.13 Å². The molecule has 13 aromatic rings. The molecule has 3 nitrogen and oxygen atoms in total. The van der Waals surface area contributed by atoms with Crippen LogP contribution in [0.25, 0.3) is 97.4 Å². The molecule has 10 aromatic carbocycles. The second kappa shape index (κ2) is 14.7. The van der Waals surface area contributed by atoms with Crippen LogP contribution >= 0.6 is 11.3 Å². The minimum atomic E-state index is 1.11. The summed E-state index contributed by atoms with van der Waals surface area (Å²) in [6.07, 6.45) is 0. The molecule has 3 heterocycles. The first-order valence-electron chi connectivity index (χ1n) is 21.8. The zero-order valence-electron chi connectivity index (χ0n) is 34.8. The molecule has 3 aromatic heterocycles. The zero-order valence-corrected chi connectivity index (χ0v) is 35.6. The second-order valence-corrected chi connectivity index (χ2v) is 17.6. The molecule has 0 aliphatic rings. The van der Waals surface area contributed by atoms with Gasteiger partial charge < -0.3 is 14.0 Å². The average molecular weight is 834 g/mol. The van der Waals surface area contributed by atoms with Crippen molar-refractivity contribution in [1.29, 1.82) is 0 Å². The summed E-state index contributed by atoms with van der Waals surface area (Å²) >= 11 is 1.86. The van der Waals surface area contributed by atoms with Gasteiger partial charge in [0.2, 0.25) is 0 Å². The zero-order chi connectivity index (χ0) is 42.1. The third-order valence-corrected chi connectivity index (χ3v) is 14.0. The van der Waals surface area contributed by atoms with E-state index in [2.05, 4.69) is 251 Å². The monoisotopic (exact) mass is 833 g/mol. The maximum atomic E-state index is 2.45. The fraction of sp³-hybridized carbons (Fsp3) is 0. The molecule has 0 amide bonds. The largest absolute Gasteiger partial charge is 0.310 e. The Morgan fingerprint density at radius 3 is 1.55 bits per heavy atom. The van der Waals surface area contributed by atoms with Gasteiger partial charge in [0.15, 0.2) is 0 Å². The quantitative estimate of drug-likeness (QED) is 0.156. The van der Waals surface area contributed by atoms with Crippen LogP contribution in [0.3, 0.4) is 0 Å². The molecular weight excluding hydrogens is 795 g/mol. The molecule has 0 aliphatic carbocycles. The predicted molar refractivity (Wildman–Crippen MR) is 274 cm³/mol. The van der Waals surface area contributed by atoms with E-state index in [9.17, 15) is 0 Å².